The second-order valence-corrected chi connectivity index (χ2v) is 13.2. The summed E-state index contributed by atoms with van der Waals surface area (Å²) in [6, 6.07) is 6.10. The standard InChI is InChI=1S/C28H37N5O5S/c1-6-14-31(16-32-19-11-9-8-10-18(19)29-30-32)25(36)23-28-13-12-27(5,39-28)22(26(37)38-7-2)21(28)24(35)33(23)20(15-34)17(3)4/h6,8-11,17,20-23,34H,1,7,12-16H2,2-5H3/t20-,21-,22+,23?,27-,28?/m0/s1. The van der Waals surface area contributed by atoms with Gasteiger partial charge in [-0.1, -0.05) is 37.3 Å². The Balaban J connectivity index is 1.59. The van der Waals surface area contributed by atoms with Gasteiger partial charge >= 0.3 is 5.97 Å². The van der Waals surface area contributed by atoms with Gasteiger partial charge in [-0.05, 0) is 44.7 Å². The molecule has 0 radical (unpaired) electrons. The molecule has 3 saturated heterocycles. The molecule has 11 heteroatoms. The predicted molar refractivity (Wildman–Crippen MR) is 147 cm³/mol. The third-order valence-corrected chi connectivity index (χ3v) is 10.7. The molecule has 0 saturated carbocycles. The van der Waals surface area contributed by atoms with E-state index >= 15 is 0 Å². The molecule has 3 aliphatic heterocycles. The van der Waals surface area contributed by atoms with Crippen molar-refractivity contribution < 1.29 is 24.2 Å². The number of ether oxygens (including phenoxy) is 1. The number of benzene rings is 1. The number of para-hydroxylation sites is 1. The summed E-state index contributed by atoms with van der Waals surface area (Å²) in [5.74, 6) is -2.33. The fourth-order valence-electron chi connectivity index (χ4n) is 6.94. The number of carbonyl (C=O) groups is 3. The molecule has 1 N–H and O–H groups in total. The van der Waals surface area contributed by atoms with E-state index < -0.39 is 33.4 Å². The average Bonchev–Trinajstić information content (AvgIpc) is 3.60. The van der Waals surface area contributed by atoms with Crippen LogP contribution in [0.2, 0.25) is 0 Å². The van der Waals surface area contributed by atoms with Crippen molar-refractivity contribution in [3.63, 3.8) is 0 Å². The molecule has 5 rings (SSSR count). The number of aliphatic hydroxyl groups is 1. The Morgan fingerprint density at radius 3 is 2.74 bits per heavy atom. The molecule has 6 atom stereocenters. The van der Waals surface area contributed by atoms with Gasteiger partial charge in [0.15, 0.2) is 0 Å². The summed E-state index contributed by atoms with van der Waals surface area (Å²) >= 11 is 1.59. The number of hydrogen-bond donors (Lipinski definition) is 1. The zero-order valence-electron chi connectivity index (χ0n) is 22.9. The third-order valence-electron chi connectivity index (χ3n) is 8.69. The van der Waals surface area contributed by atoms with E-state index in [1.165, 1.54) is 0 Å². The molecule has 2 unspecified atom stereocenters. The Morgan fingerprint density at radius 1 is 1.33 bits per heavy atom. The van der Waals surface area contributed by atoms with E-state index in [9.17, 15) is 19.5 Å². The fourth-order valence-corrected chi connectivity index (χ4v) is 9.27. The van der Waals surface area contributed by atoms with E-state index in [-0.39, 0.29) is 50.1 Å². The normalized spacial score (nSPS) is 30.2. The molecule has 1 spiro atoms. The average molecular weight is 556 g/mol. The lowest BCUT2D eigenvalue weighted by Crippen LogP contribution is -2.58. The number of esters is 1. The number of nitrogens with zero attached hydrogens (tertiary/aromatic N) is 5. The van der Waals surface area contributed by atoms with Crippen LogP contribution in [-0.4, -0.2) is 89.0 Å². The fraction of sp³-hybridized carbons (Fsp3) is 0.607. The van der Waals surface area contributed by atoms with Crippen molar-refractivity contribution in [2.45, 2.75) is 68.8 Å². The highest BCUT2D eigenvalue weighted by Gasteiger charge is 2.78. The second-order valence-electron chi connectivity index (χ2n) is 11.3. The highest BCUT2D eigenvalue weighted by Crippen LogP contribution is 2.72. The van der Waals surface area contributed by atoms with Crippen LogP contribution in [0.5, 0.6) is 0 Å². The van der Waals surface area contributed by atoms with Crippen molar-refractivity contribution >= 4 is 40.6 Å². The summed E-state index contributed by atoms with van der Waals surface area (Å²) in [4.78, 5) is 45.4. The number of fused-ring (bicyclic) bond motifs is 2. The molecule has 2 bridgehead atoms. The maximum absolute atomic E-state index is 14.6. The predicted octanol–water partition coefficient (Wildman–Crippen LogP) is 2.46. The molecule has 4 heterocycles. The Bertz CT molecular complexity index is 1300. The molecule has 2 amide bonds. The van der Waals surface area contributed by atoms with Crippen LogP contribution in [0, 0.1) is 17.8 Å². The Labute approximate surface area is 232 Å². The van der Waals surface area contributed by atoms with Gasteiger partial charge in [0.25, 0.3) is 0 Å². The van der Waals surface area contributed by atoms with Gasteiger partial charge in [-0.2, -0.15) is 0 Å². The zero-order chi connectivity index (χ0) is 28.1. The van der Waals surface area contributed by atoms with Gasteiger partial charge in [-0.15, -0.1) is 23.4 Å². The van der Waals surface area contributed by atoms with Crippen LogP contribution in [-0.2, 0) is 25.8 Å². The number of rotatable bonds is 10. The Morgan fingerprint density at radius 2 is 2.08 bits per heavy atom. The number of thioether (sulfide) groups is 1. The van der Waals surface area contributed by atoms with E-state index in [0.717, 1.165) is 11.0 Å². The van der Waals surface area contributed by atoms with Gasteiger partial charge in [0, 0.05) is 11.3 Å². The zero-order valence-corrected chi connectivity index (χ0v) is 23.8. The molecule has 1 aromatic heterocycles. The minimum absolute atomic E-state index is 0.101. The molecule has 39 heavy (non-hydrogen) atoms. The summed E-state index contributed by atoms with van der Waals surface area (Å²) in [6.07, 6.45) is 2.97. The van der Waals surface area contributed by atoms with E-state index in [1.54, 1.807) is 39.2 Å². The lowest BCUT2D eigenvalue weighted by atomic mass is 9.66. The van der Waals surface area contributed by atoms with Crippen LogP contribution >= 0.6 is 11.8 Å². The Kier molecular flexibility index (Phi) is 7.26. The lowest BCUT2D eigenvalue weighted by molar-refractivity contribution is -0.155. The molecular formula is C28H37N5O5S. The SMILES string of the molecule is C=CCN(Cn1nnc2ccccc21)C(=O)C1N([C@@H](CO)C(C)C)C(=O)[C@@H]2[C@H](C(=O)OCC)[C@]3(C)CCC12S3. The number of aliphatic hydroxyl groups excluding tert-OH is 1. The van der Waals surface area contributed by atoms with Crippen LogP contribution in [0.15, 0.2) is 36.9 Å². The minimum atomic E-state index is -0.851. The molecule has 2 aromatic rings. The number of likely N-dealkylation sites (tertiary alicyclic amines) is 1. The van der Waals surface area contributed by atoms with Crippen molar-refractivity contribution in [3.8, 4) is 0 Å². The molecule has 10 nitrogen and oxygen atoms in total. The lowest BCUT2D eigenvalue weighted by Gasteiger charge is -2.40. The molecule has 210 valence electrons. The van der Waals surface area contributed by atoms with Gasteiger partial charge in [0.2, 0.25) is 11.8 Å². The van der Waals surface area contributed by atoms with Gasteiger partial charge in [0.05, 0.1) is 41.4 Å². The quantitative estimate of drug-likeness (QED) is 0.351. The maximum atomic E-state index is 14.6. The first-order valence-electron chi connectivity index (χ1n) is 13.6. The molecular weight excluding hydrogens is 518 g/mol. The van der Waals surface area contributed by atoms with Crippen LogP contribution in [0.3, 0.4) is 0 Å². The van der Waals surface area contributed by atoms with Crippen LogP contribution in [0.25, 0.3) is 11.0 Å². The van der Waals surface area contributed by atoms with Crippen molar-refractivity contribution in [1.82, 2.24) is 24.8 Å². The molecule has 3 fully saturated rings. The van der Waals surface area contributed by atoms with E-state index in [0.29, 0.717) is 12.8 Å². The van der Waals surface area contributed by atoms with Crippen molar-refractivity contribution in [3.05, 3.63) is 36.9 Å². The smallest absolute Gasteiger partial charge is 0.311 e. The first kappa shape index (κ1) is 27.6. The Hall–Kier alpha value is -2.92. The van der Waals surface area contributed by atoms with E-state index in [1.807, 2.05) is 45.0 Å². The van der Waals surface area contributed by atoms with Crippen LogP contribution < -0.4 is 0 Å². The molecule has 3 aliphatic rings. The van der Waals surface area contributed by atoms with Crippen LogP contribution in [0.1, 0.15) is 40.5 Å². The topological polar surface area (TPSA) is 118 Å². The third kappa shape index (κ3) is 4.16. The summed E-state index contributed by atoms with van der Waals surface area (Å²) < 4.78 is 5.82. The number of amides is 2. The first-order valence-corrected chi connectivity index (χ1v) is 14.4. The highest BCUT2D eigenvalue weighted by molar-refractivity contribution is 8.02. The number of hydrogen-bond acceptors (Lipinski definition) is 8. The number of carbonyl (C=O) groups excluding carboxylic acids is 3. The van der Waals surface area contributed by atoms with Gasteiger partial charge in [0.1, 0.15) is 18.2 Å². The summed E-state index contributed by atoms with van der Waals surface area (Å²) in [7, 11) is 0. The van der Waals surface area contributed by atoms with Crippen molar-refractivity contribution in [1.29, 1.82) is 0 Å². The largest absolute Gasteiger partial charge is 0.466 e. The maximum Gasteiger partial charge on any atom is 0.311 e. The van der Waals surface area contributed by atoms with Gasteiger partial charge < -0.3 is 19.6 Å². The second kappa shape index (κ2) is 10.2. The minimum Gasteiger partial charge on any atom is -0.466 e. The van der Waals surface area contributed by atoms with E-state index in [4.69, 9.17) is 4.74 Å². The van der Waals surface area contributed by atoms with Gasteiger partial charge in [-0.25, -0.2) is 4.68 Å². The number of aromatic nitrogens is 3. The van der Waals surface area contributed by atoms with Crippen molar-refractivity contribution in [2.75, 3.05) is 19.8 Å². The summed E-state index contributed by atoms with van der Waals surface area (Å²) in [5, 5.41) is 18.9. The van der Waals surface area contributed by atoms with Crippen LogP contribution in [0.4, 0.5) is 0 Å². The summed E-state index contributed by atoms with van der Waals surface area (Å²) in [5.41, 5.74) is 1.51. The first-order chi connectivity index (χ1) is 18.6. The van der Waals surface area contributed by atoms with E-state index in [2.05, 4.69) is 16.9 Å². The highest BCUT2D eigenvalue weighted by atomic mass is 32.2. The summed E-state index contributed by atoms with van der Waals surface area (Å²) in [6.45, 7) is 11.8. The molecule has 0 aliphatic carbocycles. The monoisotopic (exact) mass is 555 g/mol. The molecule has 1 aromatic carbocycles. The van der Waals surface area contributed by atoms with Gasteiger partial charge in [-0.3, -0.25) is 14.4 Å². The van der Waals surface area contributed by atoms with Crippen molar-refractivity contribution in [2.24, 2.45) is 17.8 Å².